The molecular weight excluding hydrogens is 491 g/mol. The molecule has 3 aromatic rings. The number of benzene rings is 3. The Balaban J connectivity index is 1.67. The number of urea groups is 1. The highest BCUT2D eigenvalue weighted by molar-refractivity contribution is 7.90. The minimum atomic E-state index is -4.27. The Bertz CT molecular complexity index is 1360. The molecule has 0 aromatic heterocycles. The fourth-order valence-corrected chi connectivity index (χ4v) is 6.43. The molecule has 0 spiro atoms. The minimum Gasteiger partial charge on any atom is -0.368 e. The van der Waals surface area contributed by atoms with Crippen LogP contribution >= 0.6 is 11.6 Å². The molecule has 2 aliphatic heterocycles. The summed E-state index contributed by atoms with van der Waals surface area (Å²) >= 11 is 6.46. The molecule has 0 saturated carbocycles. The molecule has 1 saturated heterocycles. The van der Waals surface area contributed by atoms with E-state index in [-0.39, 0.29) is 23.7 Å². The average molecular weight is 515 g/mol. The van der Waals surface area contributed by atoms with Crippen LogP contribution in [-0.4, -0.2) is 44.9 Å². The van der Waals surface area contributed by atoms with Crippen LogP contribution in [0.3, 0.4) is 0 Å². The lowest BCUT2D eigenvalue weighted by Crippen LogP contribution is -2.51. The average Bonchev–Trinajstić information content (AvgIpc) is 2.85. The second-order valence-electron chi connectivity index (χ2n) is 8.51. The van der Waals surface area contributed by atoms with Crippen LogP contribution < -0.4 is 15.1 Å². The number of sulfonamides is 1. The van der Waals surface area contributed by atoms with Crippen molar-refractivity contribution in [2.24, 2.45) is 0 Å². The number of carbonyl (C=O) groups is 1. The van der Waals surface area contributed by atoms with Gasteiger partial charge in [-0.15, -0.1) is 0 Å². The summed E-state index contributed by atoms with van der Waals surface area (Å²) in [6.45, 7) is 2.45. The van der Waals surface area contributed by atoms with Gasteiger partial charge in [0.2, 0.25) is 0 Å². The van der Waals surface area contributed by atoms with E-state index >= 15 is 0 Å². The van der Waals surface area contributed by atoms with Gasteiger partial charge in [-0.05, 0) is 35.4 Å². The lowest BCUT2D eigenvalue weighted by Gasteiger charge is -2.39. The van der Waals surface area contributed by atoms with E-state index in [9.17, 15) is 17.6 Å². The Hall–Kier alpha value is -3.14. The summed E-state index contributed by atoms with van der Waals surface area (Å²) in [5.74, 6) is -0.501. The summed E-state index contributed by atoms with van der Waals surface area (Å²) in [7, 11) is -4.27. The Labute approximate surface area is 208 Å². The van der Waals surface area contributed by atoms with E-state index in [1.165, 1.54) is 29.2 Å². The first-order valence-electron chi connectivity index (χ1n) is 11.3. The number of piperazine rings is 1. The van der Waals surface area contributed by atoms with E-state index in [4.69, 9.17) is 11.6 Å². The Morgan fingerprint density at radius 3 is 2.29 bits per heavy atom. The van der Waals surface area contributed by atoms with Crippen molar-refractivity contribution in [3.63, 3.8) is 0 Å². The van der Waals surface area contributed by atoms with Crippen molar-refractivity contribution in [2.45, 2.75) is 18.0 Å². The largest absolute Gasteiger partial charge is 0.368 e. The van der Waals surface area contributed by atoms with E-state index in [1.807, 2.05) is 35.2 Å². The van der Waals surface area contributed by atoms with E-state index in [0.29, 0.717) is 42.5 Å². The molecule has 0 unspecified atom stereocenters. The van der Waals surface area contributed by atoms with Gasteiger partial charge in [0.05, 0.1) is 24.5 Å². The predicted molar refractivity (Wildman–Crippen MR) is 134 cm³/mol. The van der Waals surface area contributed by atoms with Crippen LogP contribution in [0, 0.1) is 5.82 Å². The molecule has 3 aromatic carbocycles. The highest BCUT2D eigenvalue weighted by atomic mass is 35.5. The maximum Gasteiger partial charge on any atom is 0.339 e. The van der Waals surface area contributed by atoms with E-state index in [1.54, 1.807) is 12.1 Å². The first-order chi connectivity index (χ1) is 16.8. The highest BCUT2D eigenvalue weighted by Crippen LogP contribution is 2.44. The van der Waals surface area contributed by atoms with Gasteiger partial charge in [0, 0.05) is 31.2 Å². The summed E-state index contributed by atoms with van der Waals surface area (Å²) in [6.07, 6.45) is 0. The van der Waals surface area contributed by atoms with Crippen LogP contribution in [0.5, 0.6) is 0 Å². The number of amides is 2. The number of rotatable bonds is 5. The zero-order chi connectivity index (χ0) is 24.6. The van der Waals surface area contributed by atoms with Gasteiger partial charge in [0.25, 0.3) is 10.0 Å². The number of anilines is 2. The molecule has 0 aliphatic carbocycles. The van der Waals surface area contributed by atoms with Crippen LogP contribution in [0.1, 0.15) is 11.1 Å². The number of hydrogen-bond donors (Lipinski definition) is 1. The van der Waals surface area contributed by atoms with Crippen molar-refractivity contribution in [3.05, 3.63) is 88.7 Å². The molecule has 182 valence electrons. The monoisotopic (exact) mass is 514 g/mol. The molecule has 0 atom stereocenters. The topological polar surface area (TPSA) is 73.0 Å². The SMILES string of the molecule is O=C1N(Cc2ccccc2)c2cc(Cl)cc(N3CCNCC3)c2S(=O)(=O)N1Cc1cccc(F)c1. The molecule has 2 heterocycles. The summed E-state index contributed by atoms with van der Waals surface area (Å²) < 4.78 is 42.7. The van der Waals surface area contributed by atoms with Gasteiger partial charge < -0.3 is 10.2 Å². The molecule has 7 nitrogen and oxygen atoms in total. The van der Waals surface area contributed by atoms with Crippen LogP contribution in [0.15, 0.2) is 71.6 Å². The standard InChI is InChI=1S/C25H24ClFN4O3S/c26-20-14-22(29-11-9-28-10-12-29)24-23(15-20)30(16-18-5-2-1-3-6-18)25(32)31(35(24,33)34)17-19-7-4-8-21(27)13-19/h1-8,13-15,28H,9-12,16-17H2. The summed E-state index contributed by atoms with van der Waals surface area (Å²) in [5, 5.41) is 3.60. The van der Waals surface area contributed by atoms with Crippen molar-refractivity contribution in [1.82, 2.24) is 9.62 Å². The van der Waals surface area contributed by atoms with Crippen molar-refractivity contribution >= 4 is 39.0 Å². The summed E-state index contributed by atoms with van der Waals surface area (Å²) in [6, 6.07) is 17.4. The van der Waals surface area contributed by atoms with Crippen molar-refractivity contribution < 1.29 is 17.6 Å². The van der Waals surface area contributed by atoms with Gasteiger partial charge in [0.15, 0.2) is 0 Å². The van der Waals surface area contributed by atoms with Gasteiger partial charge in [-0.25, -0.2) is 21.9 Å². The third-order valence-electron chi connectivity index (χ3n) is 6.15. The maximum atomic E-state index is 14.0. The van der Waals surface area contributed by atoms with Gasteiger partial charge >= 0.3 is 6.03 Å². The van der Waals surface area contributed by atoms with Crippen LogP contribution in [0.25, 0.3) is 0 Å². The van der Waals surface area contributed by atoms with E-state index in [0.717, 1.165) is 9.87 Å². The fraction of sp³-hybridized carbons (Fsp3) is 0.240. The maximum absolute atomic E-state index is 14.0. The predicted octanol–water partition coefficient (Wildman–Crippen LogP) is 4.22. The number of nitrogens with one attached hydrogen (secondary N) is 1. The lowest BCUT2D eigenvalue weighted by molar-refractivity contribution is 0.226. The number of carbonyl (C=O) groups excluding carboxylic acids is 1. The second kappa shape index (κ2) is 9.49. The van der Waals surface area contributed by atoms with Crippen molar-refractivity contribution in [1.29, 1.82) is 0 Å². The molecule has 0 bridgehead atoms. The zero-order valence-electron chi connectivity index (χ0n) is 18.8. The Morgan fingerprint density at radius 2 is 1.57 bits per heavy atom. The number of halogens is 2. The van der Waals surface area contributed by atoms with Crippen LogP contribution in [0.2, 0.25) is 5.02 Å². The summed E-state index contributed by atoms with van der Waals surface area (Å²) in [5.41, 5.74) is 1.92. The minimum absolute atomic E-state index is 0.0377. The first kappa shape index (κ1) is 23.6. The molecule has 1 fully saturated rings. The molecule has 0 radical (unpaired) electrons. The third-order valence-corrected chi connectivity index (χ3v) is 8.17. The zero-order valence-corrected chi connectivity index (χ0v) is 20.4. The highest BCUT2D eigenvalue weighted by Gasteiger charge is 2.44. The van der Waals surface area contributed by atoms with E-state index in [2.05, 4.69) is 5.32 Å². The van der Waals surface area contributed by atoms with Gasteiger partial charge in [-0.1, -0.05) is 54.1 Å². The van der Waals surface area contributed by atoms with Gasteiger partial charge in [-0.2, -0.15) is 0 Å². The number of nitrogens with zero attached hydrogens (tertiary/aromatic N) is 3. The quantitative estimate of drug-likeness (QED) is 0.552. The smallest absolute Gasteiger partial charge is 0.339 e. The molecule has 5 rings (SSSR count). The van der Waals surface area contributed by atoms with E-state index < -0.39 is 21.9 Å². The lowest BCUT2D eigenvalue weighted by atomic mass is 10.1. The second-order valence-corrected chi connectivity index (χ2v) is 10.7. The Kier molecular flexibility index (Phi) is 6.39. The third kappa shape index (κ3) is 4.59. The summed E-state index contributed by atoms with van der Waals surface area (Å²) in [4.78, 5) is 17.1. The molecule has 2 amide bonds. The number of fused-ring (bicyclic) bond motifs is 1. The van der Waals surface area contributed by atoms with Gasteiger partial charge in [0.1, 0.15) is 10.7 Å². The molecule has 35 heavy (non-hydrogen) atoms. The molecule has 1 N–H and O–H groups in total. The first-order valence-corrected chi connectivity index (χ1v) is 13.1. The fourth-order valence-electron chi connectivity index (χ4n) is 4.49. The number of hydrogen-bond acceptors (Lipinski definition) is 5. The normalized spacial score (nSPS) is 17.4. The van der Waals surface area contributed by atoms with Crippen molar-refractivity contribution in [2.75, 3.05) is 36.0 Å². The Morgan fingerprint density at radius 1 is 0.886 bits per heavy atom. The van der Waals surface area contributed by atoms with Crippen molar-refractivity contribution in [3.8, 4) is 0 Å². The molecule has 2 aliphatic rings. The van der Waals surface area contributed by atoms with Gasteiger partial charge in [-0.3, -0.25) is 4.90 Å². The van der Waals surface area contributed by atoms with Crippen LogP contribution in [-0.2, 0) is 23.1 Å². The van der Waals surface area contributed by atoms with Crippen LogP contribution in [0.4, 0.5) is 20.6 Å². The molecule has 10 heteroatoms. The molecular formula is C25H24ClFN4O3S.